The Hall–Kier alpha value is -1.43. The fourth-order valence-corrected chi connectivity index (χ4v) is 2.29. The molecule has 112 valence electrons. The molecular weight excluding hydrogens is 254 g/mol. The number of methoxy groups -OCH3 is 1. The van der Waals surface area contributed by atoms with Gasteiger partial charge in [-0.05, 0) is 19.0 Å². The zero-order valence-electron chi connectivity index (χ0n) is 12.5. The van der Waals surface area contributed by atoms with E-state index in [2.05, 4.69) is 4.90 Å². The van der Waals surface area contributed by atoms with E-state index < -0.39 is 11.4 Å². The number of nitrogens with two attached hydrogens (primary N) is 2. The first kappa shape index (κ1) is 16.6. The van der Waals surface area contributed by atoms with Gasteiger partial charge in [0.15, 0.2) is 0 Å². The maximum atomic E-state index is 11.9. The lowest BCUT2D eigenvalue weighted by molar-refractivity contribution is -0.124. The highest BCUT2D eigenvalue weighted by Gasteiger charge is 2.36. The molecule has 5 heteroatoms. The first-order valence-corrected chi connectivity index (χ1v) is 6.83. The molecular formula is C15H25N3O2. The Morgan fingerprint density at radius 3 is 2.45 bits per heavy atom. The molecule has 1 aromatic rings. The lowest BCUT2D eigenvalue weighted by Gasteiger charge is -2.36. The molecule has 2 atom stereocenters. The average Bonchev–Trinajstić information content (AvgIpc) is 2.45. The van der Waals surface area contributed by atoms with Crippen molar-refractivity contribution in [2.75, 3.05) is 26.8 Å². The molecule has 1 amide bonds. The summed E-state index contributed by atoms with van der Waals surface area (Å²) in [7, 11) is 1.66. The summed E-state index contributed by atoms with van der Waals surface area (Å²) in [5.41, 5.74) is 11.4. The summed E-state index contributed by atoms with van der Waals surface area (Å²) in [6.07, 6.45) is 0. The number of primary amides is 1. The molecule has 0 bridgehead atoms. The monoisotopic (exact) mass is 279 g/mol. The molecule has 20 heavy (non-hydrogen) atoms. The summed E-state index contributed by atoms with van der Waals surface area (Å²) in [6.45, 7) is 5.78. The van der Waals surface area contributed by atoms with Crippen molar-refractivity contribution in [3.8, 4) is 0 Å². The average molecular weight is 279 g/mol. The second-order valence-electron chi connectivity index (χ2n) is 5.07. The topological polar surface area (TPSA) is 81.6 Å². The normalized spacial score (nSPS) is 15.8. The van der Waals surface area contributed by atoms with Gasteiger partial charge in [-0.25, -0.2) is 0 Å². The number of likely N-dealkylation sites (N-methyl/N-ethyl adjacent to an activating group) is 1. The van der Waals surface area contributed by atoms with Gasteiger partial charge in [0.05, 0.1) is 6.61 Å². The zero-order chi connectivity index (χ0) is 15.2. The Kier molecular flexibility index (Phi) is 6.13. The number of amides is 1. The third kappa shape index (κ3) is 3.79. The second-order valence-corrected chi connectivity index (χ2v) is 5.07. The van der Waals surface area contributed by atoms with Crippen molar-refractivity contribution < 1.29 is 9.53 Å². The van der Waals surface area contributed by atoms with Crippen molar-refractivity contribution in [1.82, 2.24) is 4.90 Å². The maximum absolute atomic E-state index is 11.9. The van der Waals surface area contributed by atoms with Gasteiger partial charge in [-0.15, -0.1) is 0 Å². The van der Waals surface area contributed by atoms with E-state index in [1.807, 2.05) is 44.2 Å². The minimum absolute atomic E-state index is 0.163. The van der Waals surface area contributed by atoms with Crippen LogP contribution in [0, 0.1) is 0 Å². The predicted molar refractivity (Wildman–Crippen MR) is 80.1 cm³/mol. The van der Waals surface area contributed by atoms with Gasteiger partial charge in [-0.3, -0.25) is 9.69 Å². The van der Waals surface area contributed by atoms with E-state index in [1.54, 1.807) is 7.11 Å². The number of hydrogen-bond donors (Lipinski definition) is 2. The standard InChI is InChI=1S/C15H25N3O2/c1-4-18(12(2)10-20-3)11-15(17,14(16)19)13-8-6-5-7-9-13/h5-9,12H,4,10-11,17H2,1-3H3,(H2,16,19). The summed E-state index contributed by atoms with van der Waals surface area (Å²) in [4.78, 5) is 14.0. The van der Waals surface area contributed by atoms with Crippen LogP contribution < -0.4 is 11.5 Å². The second kappa shape index (κ2) is 7.38. The Bertz CT molecular complexity index is 424. The van der Waals surface area contributed by atoms with Crippen LogP contribution >= 0.6 is 0 Å². The van der Waals surface area contributed by atoms with Gasteiger partial charge in [0.1, 0.15) is 5.54 Å². The van der Waals surface area contributed by atoms with E-state index in [1.165, 1.54) is 0 Å². The summed E-state index contributed by atoms with van der Waals surface area (Å²) < 4.78 is 5.17. The fraction of sp³-hybridized carbons (Fsp3) is 0.533. The minimum Gasteiger partial charge on any atom is -0.383 e. The van der Waals surface area contributed by atoms with Crippen molar-refractivity contribution in [1.29, 1.82) is 0 Å². The number of hydrogen-bond acceptors (Lipinski definition) is 4. The molecule has 0 fully saturated rings. The largest absolute Gasteiger partial charge is 0.383 e. The summed E-state index contributed by atoms with van der Waals surface area (Å²) in [5, 5.41) is 0. The minimum atomic E-state index is -1.20. The van der Waals surface area contributed by atoms with Crippen LogP contribution in [0.25, 0.3) is 0 Å². The lowest BCUT2D eigenvalue weighted by Crippen LogP contribution is -2.58. The third-order valence-corrected chi connectivity index (χ3v) is 3.62. The number of carbonyl (C=O) groups excluding carboxylic acids is 1. The Labute approximate surface area is 120 Å². The number of carbonyl (C=O) groups is 1. The highest BCUT2D eigenvalue weighted by atomic mass is 16.5. The van der Waals surface area contributed by atoms with Gasteiger partial charge in [0, 0.05) is 19.7 Å². The number of ether oxygens (including phenoxy) is 1. The molecule has 0 aliphatic heterocycles. The van der Waals surface area contributed by atoms with Gasteiger partial charge < -0.3 is 16.2 Å². The third-order valence-electron chi connectivity index (χ3n) is 3.62. The lowest BCUT2D eigenvalue weighted by atomic mass is 9.89. The Morgan fingerprint density at radius 1 is 1.40 bits per heavy atom. The maximum Gasteiger partial charge on any atom is 0.243 e. The number of rotatable bonds is 8. The van der Waals surface area contributed by atoms with E-state index in [0.29, 0.717) is 13.2 Å². The van der Waals surface area contributed by atoms with Crippen LogP contribution in [0.1, 0.15) is 19.4 Å². The van der Waals surface area contributed by atoms with E-state index in [4.69, 9.17) is 16.2 Å². The quantitative estimate of drug-likeness (QED) is 0.733. The van der Waals surface area contributed by atoms with Crippen molar-refractivity contribution in [2.24, 2.45) is 11.5 Å². The van der Waals surface area contributed by atoms with Crippen LogP contribution in [-0.2, 0) is 15.1 Å². The van der Waals surface area contributed by atoms with Crippen molar-refractivity contribution in [2.45, 2.75) is 25.4 Å². The van der Waals surface area contributed by atoms with Crippen molar-refractivity contribution in [3.05, 3.63) is 35.9 Å². The molecule has 1 aromatic carbocycles. The van der Waals surface area contributed by atoms with E-state index in [-0.39, 0.29) is 6.04 Å². The van der Waals surface area contributed by atoms with E-state index in [0.717, 1.165) is 12.1 Å². The molecule has 2 unspecified atom stereocenters. The van der Waals surface area contributed by atoms with Gasteiger partial charge in [0.2, 0.25) is 5.91 Å². The molecule has 0 saturated heterocycles. The van der Waals surface area contributed by atoms with Gasteiger partial charge in [0.25, 0.3) is 0 Å². The molecule has 4 N–H and O–H groups in total. The van der Waals surface area contributed by atoms with Crippen molar-refractivity contribution >= 4 is 5.91 Å². The van der Waals surface area contributed by atoms with Crippen LogP contribution in [-0.4, -0.2) is 43.7 Å². The summed E-state index contributed by atoms with van der Waals surface area (Å²) in [5.74, 6) is -0.522. The highest BCUT2D eigenvalue weighted by molar-refractivity contribution is 5.86. The molecule has 5 nitrogen and oxygen atoms in total. The highest BCUT2D eigenvalue weighted by Crippen LogP contribution is 2.20. The molecule has 0 spiro atoms. The van der Waals surface area contributed by atoms with Crippen LogP contribution in [0.5, 0.6) is 0 Å². The van der Waals surface area contributed by atoms with Crippen LogP contribution in [0.15, 0.2) is 30.3 Å². The molecule has 0 aromatic heterocycles. The first-order valence-electron chi connectivity index (χ1n) is 6.83. The molecule has 1 rings (SSSR count). The van der Waals surface area contributed by atoms with Gasteiger partial charge in [-0.2, -0.15) is 0 Å². The van der Waals surface area contributed by atoms with Gasteiger partial charge >= 0.3 is 0 Å². The SMILES string of the molecule is CCN(CC(N)(C(N)=O)c1ccccc1)C(C)COC. The molecule has 0 radical (unpaired) electrons. The van der Waals surface area contributed by atoms with Crippen LogP contribution in [0.3, 0.4) is 0 Å². The molecule has 0 heterocycles. The van der Waals surface area contributed by atoms with Gasteiger partial charge in [-0.1, -0.05) is 37.3 Å². The zero-order valence-corrected chi connectivity index (χ0v) is 12.5. The van der Waals surface area contributed by atoms with Crippen LogP contribution in [0.4, 0.5) is 0 Å². The molecule has 0 saturated carbocycles. The summed E-state index contributed by atoms with van der Waals surface area (Å²) in [6, 6.07) is 9.43. The smallest absolute Gasteiger partial charge is 0.243 e. The molecule has 0 aliphatic carbocycles. The fourth-order valence-electron chi connectivity index (χ4n) is 2.29. The van der Waals surface area contributed by atoms with E-state index >= 15 is 0 Å². The van der Waals surface area contributed by atoms with Crippen molar-refractivity contribution in [3.63, 3.8) is 0 Å². The predicted octanol–water partition coefficient (Wildman–Crippen LogP) is 0.683. The summed E-state index contributed by atoms with van der Waals surface area (Å²) >= 11 is 0. The Morgan fingerprint density at radius 2 is 2.00 bits per heavy atom. The number of nitrogens with zero attached hydrogens (tertiary/aromatic N) is 1. The van der Waals surface area contributed by atoms with Crippen LogP contribution in [0.2, 0.25) is 0 Å². The number of benzene rings is 1. The van der Waals surface area contributed by atoms with E-state index in [9.17, 15) is 4.79 Å². The Balaban J connectivity index is 3.00. The molecule has 0 aliphatic rings. The first-order chi connectivity index (χ1) is 9.45.